The van der Waals surface area contributed by atoms with Crippen LogP contribution in [0.1, 0.15) is 11.1 Å². The maximum Gasteiger partial charge on any atom is 0.0327 e. The van der Waals surface area contributed by atoms with Crippen LogP contribution in [-0.2, 0) is 0 Å². The van der Waals surface area contributed by atoms with Crippen molar-refractivity contribution < 1.29 is 0 Å². The molecule has 4 aromatic rings. The molecule has 102 valence electrons. The molecule has 0 spiro atoms. The Bertz CT molecular complexity index is 936. The molecular weight excluding hydrogens is 264 g/mol. The van der Waals surface area contributed by atoms with Crippen LogP contribution in [0.2, 0.25) is 0 Å². The van der Waals surface area contributed by atoms with Crippen LogP contribution in [0.3, 0.4) is 0 Å². The number of fused-ring (bicyclic) bond motifs is 2. The molecule has 0 unspecified atom stereocenters. The van der Waals surface area contributed by atoms with E-state index >= 15 is 0 Å². The van der Waals surface area contributed by atoms with Gasteiger partial charge in [-0.15, -0.1) is 0 Å². The molecule has 0 aliphatic carbocycles. The maximum atomic E-state index is 3.35. The molecule has 0 amide bonds. The third-order valence-corrected chi connectivity index (χ3v) is 3.91. The van der Waals surface area contributed by atoms with Crippen molar-refractivity contribution >= 4 is 21.5 Å². The molecular formula is C22H14. The molecule has 0 aliphatic rings. The minimum Gasteiger partial charge on any atom is -0.0616 e. The van der Waals surface area contributed by atoms with Crippen molar-refractivity contribution in [2.24, 2.45) is 0 Å². The third-order valence-electron chi connectivity index (χ3n) is 3.91. The first-order valence-electron chi connectivity index (χ1n) is 7.39. The standard InChI is InChI=1S/C22H14/c1-3-13-21-17(7-1)9-5-11-19(21)15-16-20-12-6-10-18-8-2-4-14-22(18)20/h1-14H. The minimum atomic E-state index is 1.08. The van der Waals surface area contributed by atoms with E-state index in [0.29, 0.717) is 0 Å². The molecule has 0 saturated heterocycles. The molecule has 0 radical (unpaired) electrons. The highest BCUT2D eigenvalue weighted by Crippen LogP contribution is 2.19. The summed E-state index contributed by atoms with van der Waals surface area (Å²) in [7, 11) is 0. The van der Waals surface area contributed by atoms with Gasteiger partial charge in [-0.05, 0) is 33.7 Å². The molecule has 0 bridgehead atoms. The minimum absolute atomic E-state index is 1.08. The molecule has 0 nitrogen and oxygen atoms in total. The van der Waals surface area contributed by atoms with Crippen molar-refractivity contribution in [1.29, 1.82) is 0 Å². The van der Waals surface area contributed by atoms with Crippen molar-refractivity contribution in [2.45, 2.75) is 0 Å². The zero-order chi connectivity index (χ0) is 14.8. The topological polar surface area (TPSA) is 0 Å². The summed E-state index contributed by atoms with van der Waals surface area (Å²) in [5.41, 5.74) is 2.15. The van der Waals surface area contributed by atoms with E-state index in [1.807, 2.05) is 0 Å². The molecule has 22 heavy (non-hydrogen) atoms. The van der Waals surface area contributed by atoms with Gasteiger partial charge in [0.15, 0.2) is 0 Å². The first-order chi connectivity index (χ1) is 10.9. The lowest BCUT2D eigenvalue weighted by Crippen LogP contribution is -1.81. The van der Waals surface area contributed by atoms with E-state index in [9.17, 15) is 0 Å². The van der Waals surface area contributed by atoms with E-state index in [0.717, 1.165) is 11.1 Å². The van der Waals surface area contributed by atoms with Crippen LogP contribution in [0, 0.1) is 11.8 Å². The van der Waals surface area contributed by atoms with Gasteiger partial charge in [0.05, 0.1) is 0 Å². The summed E-state index contributed by atoms with van der Waals surface area (Å²) in [4.78, 5) is 0. The summed E-state index contributed by atoms with van der Waals surface area (Å²) in [5, 5.41) is 4.87. The van der Waals surface area contributed by atoms with E-state index in [2.05, 4.69) is 96.8 Å². The van der Waals surface area contributed by atoms with Crippen molar-refractivity contribution in [2.75, 3.05) is 0 Å². The lowest BCUT2D eigenvalue weighted by Gasteiger charge is -2.01. The van der Waals surface area contributed by atoms with E-state index in [-0.39, 0.29) is 0 Å². The van der Waals surface area contributed by atoms with Gasteiger partial charge >= 0.3 is 0 Å². The first-order valence-corrected chi connectivity index (χ1v) is 7.39. The Kier molecular flexibility index (Phi) is 3.11. The van der Waals surface area contributed by atoms with Gasteiger partial charge in [0.2, 0.25) is 0 Å². The highest BCUT2D eigenvalue weighted by Gasteiger charge is 1.98. The molecule has 0 N–H and O–H groups in total. The Morgan fingerprint density at radius 2 is 0.818 bits per heavy atom. The zero-order valence-electron chi connectivity index (χ0n) is 12.1. The summed E-state index contributed by atoms with van der Waals surface area (Å²) >= 11 is 0. The monoisotopic (exact) mass is 278 g/mol. The molecule has 0 fully saturated rings. The van der Waals surface area contributed by atoms with Gasteiger partial charge < -0.3 is 0 Å². The quantitative estimate of drug-likeness (QED) is 0.378. The second-order valence-electron chi connectivity index (χ2n) is 5.30. The van der Waals surface area contributed by atoms with Crippen LogP contribution in [-0.4, -0.2) is 0 Å². The summed E-state index contributed by atoms with van der Waals surface area (Å²) < 4.78 is 0. The number of benzene rings is 4. The third kappa shape index (κ3) is 2.24. The molecule has 0 heteroatoms. The lowest BCUT2D eigenvalue weighted by molar-refractivity contribution is 1.68. The Balaban J connectivity index is 1.88. The van der Waals surface area contributed by atoms with Gasteiger partial charge in [-0.25, -0.2) is 0 Å². The van der Waals surface area contributed by atoms with Crippen LogP contribution < -0.4 is 0 Å². The maximum absolute atomic E-state index is 3.35. The van der Waals surface area contributed by atoms with Crippen LogP contribution in [0.5, 0.6) is 0 Å². The number of hydrogen-bond acceptors (Lipinski definition) is 0. The van der Waals surface area contributed by atoms with Crippen molar-refractivity contribution in [3.05, 3.63) is 96.1 Å². The van der Waals surface area contributed by atoms with Crippen LogP contribution in [0.15, 0.2) is 84.9 Å². The molecule has 0 aliphatic heterocycles. The van der Waals surface area contributed by atoms with Crippen molar-refractivity contribution in [1.82, 2.24) is 0 Å². The van der Waals surface area contributed by atoms with Gasteiger partial charge in [0, 0.05) is 11.1 Å². The SMILES string of the molecule is C(#Cc1cccc2ccccc12)c1cccc2ccccc12. The van der Waals surface area contributed by atoms with Crippen LogP contribution in [0.4, 0.5) is 0 Å². The number of rotatable bonds is 0. The van der Waals surface area contributed by atoms with Gasteiger partial charge in [0.25, 0.3) is 0 Å². The van der Waals surface area contributed by atoms with E-state index in [1.54, 1.807) is 0 Å². The zero-order valence-corrected chi connectivity index (χ0v) is 12.1. The van der Waals surface area contributed by atoms with E-state index < -0.39 is 0 Å². The Morgan fingerprint density at radius 1 is 0.409 bits per heavy atom. The second kappa shape index (κ2) is 5.39. The molecule has 0 saturated carbocycles. The van der Waals surface area contributed by atoms with Crippen molar-refractivity contribution in [3.8, 4) is 11.8 Å². The summed E-state index contributed by atoms with van der Waals surface area (Å²) in [5.74, 6) is 6.69. The molecule has 4 rings (SSSR count). The Hall–Kier alpha value is -3.04. The summed E-state index contributed by atoms with van der Waals surface area (Å²) in [6, 6.07) is 29.3. The predicted octanol–water partition coefficient (Wildman–Crippen LogP) is 5.39. The van der Waals surface area contributed by atoms with Gasteiger partial charge in [0.1, 0.15) is 0 Å². The summed E-state index contributed by atoms with van der Waals surface area (Å²) in [6.07, 6.45) is 0. The predicted molar refractivity (Wildman–Crippen MR) is 93.9 cm³/mol. The summed E-state index contributed by atoms with van der Waals surface area (Å²) in [6.45, 7) is 0. The highest BCUT2D eigenvalue weighted by molar-refractivity contribution is 5.90. The number of hydrogen-bond donors (Lipinski definition) is 0. The first kappa shape index (κ1) is 12.7. The van der Waals surface area contributed by atoms with Crippen LogP contribution >= 0.6 is 0 Å². The van der Waals surface area contributed by atoms with E-state index in [4.69, 9.17) is 0 Å². The lowest BCUT2D eigenvalue weighted by atomic mass is 10.0. The average Bonchev–Trinajstić information content (AvgIpc) is 2.60. The molecule has 4 aromatic carbocycles. The normalized spacial score (nSPS) is 10.4. The van der Waals surface area contributed by atoms with Gasteiger partial charge in [-0.1, -0.05) is 84.6 Å². The fraction of sp³-hybridized carbons (Fsp3) is 0. The Labute approximate surface area is 130 Å². The fourth-order valence-electron chi connectivity index (χ4n) is 2.80. The van der Waals surface area contributed by atoms with E-state index in [1.165, 1.54) is 21.5 Å². The molecule has 0 atom stereocenters. The molecule has 0 heterocycles. The highest BCUT2D eigenvalue weighted by atomic mass is 14.0. The molecule has 0 aromatic heterocycles. The average molecular weight is 278 g/mol. The van der Waals surface area contributed by atoms with Gasteiger partial charge in [-0.2, -0.15) is 0 Å². The van der Waals surface area contributed by atoms with Crippen LogP contribution in [0.25, 0.3) is 21.5 Å². The smallest absolute Gasteiger partial charge is 0.0327 e. The largest absolute Gasteiger partial charge is 0.0616 e. The fourth-order valence-corrected chi connectivity index (χ4v) is 2.80. The second-order valence-corrected chi connectivity index (χ2v) is 5.30. The Morgan fingerprint density at radius 3 is 1.32 bits per heavy atom. The van der Waals surface area contributed by atoms with Gasteiger partial charge in [-0.3, -0.25) is 0 Å². The van der Waals surface area contributed by atoms with Crippen molar-refractivity contribution in [3.63, 3.8) is 0 Å².